The van der Waals surface area contributed by atoms with Crippen LogP contribution in [0.3, 0.4) is 0 Å². The lowest BCUT2D eigenvalue weighted by Gasteiger charge is -2.36. The molecule has 4 heterocycles. The number of aliphatic hydroxyl groups excluding tert-OH is 4. The highest BCUT2D eigenvalue weighted by Crippen LogP contribution is 2.56. The van der Waals surface area contributed by atoms with Crippen LogP contribution >= 0.6 is 35.2 Å². The number of carbonyl (C=O) groups excluding carboxylic acids is 3. The summed E-state index contributed by atoms with van der Waals surface area (Å²) >= 11 is 1.11. The molecule has 32 heteroatoms. The zero-order valence-corrected chi connectivity index (χ0v) is 42.9. The fraction of sp³-hybridized carbons (Fsp3) is 0.795. The highest BCUT2D eigenvalue weighted by Gasteiger charge is 2.47. The van der Waals surface area contributed by atoms with Gasteiger partial charge in [-0.25, -0.2) is 19.3 Å². The molecule has 2 unspecified atom stereocenters. The predicted octanol–water partition coefficient (Wildman–Crippen LogP) is -1.09. The number of anilines is 1. The quantitative estimate of drug-likeness (QED) is 0.0338. The van der Waals surface area contributed by atoms with Crippen molar-refractivity contribution in [2.24, 2.45) is 5.41 Å². The number of aliphatic hydroxyl groups is 4. The average Bonchev–Trinajstić information content (AvgIpc) is 3.85. The molecule has 2 fully saturated rings. The molecule has 71 heavy (non-hydrogen) atoms. The molecule has 2 aliphatic heterocycles. The van der Waals surface area contributed by atoms with E-state index in [0.29, 0.717) is 18.8 Å². The van der Waals surface area contributed by atoms with Crippen LogP contribution in [0.5, 0.6) is 0 Å². The number of phosphoric ester groups is 3. The maximum absolute atomic E-state index is 12.7. The number of nitrogens with one attached hydrogen (secondary N) is 2. The predicted molar refractivity (Wildman–Crippen MR) is 241 cm³/mol. The molecular weight excluding hydrogens is 1030 g/mol. The lowest BCUT2D eigenvalue weighted by atomic mass is 9.87. The monoisotopic (exact) mass is 1090 g/mol. The highest BCUT2D eigenvalue weighted by atomic mass is 32.2. The summed E-state index contributed by atoms with van der Waals surface area (Å²) in [6, 6.07) is 0. The Labute approximate surface area is 413 Å². The summed E-state index contributed by atoms with van der Waals surface area (Å²) in [5.41, 5.74) is 4.06. The second-order valence-corrected chi connectivity index (χ2v) is 22.8. The van der Waals surface area contributed by atoms with E-state index in [1.165, 1.54) is 13.8 Å². The maximum Gasteiger partial charge on any atom is 0.274 e. The third-order valence-electron chi connectivity index (χ3n) is 11.2. The maximum atomic E-state index is 12.7. The molecular formula is C39H64N7O21P3S-4. The van der Waals surface area contributed by atoms with Gasteiger partial charge in [-0.1, -0.05) is 70.6 Å². The zero-order chi connectivity index (χ0) is 52.6. The minimum Gasteiger partial charge on any atom is -0.790 e. The van der Waals surface area contributed by atoms with Gasteiger partial charge >= 0.3 is 0 Å². The summed E-state index contributed by atoms with van der Waals surface area (Å²) in [6.45, 7) is 2.31. The molecule has 2 aromatic heterocycles. The number of unbranched alkanes of at least 4 members (excludes halogenated alkanes) is 8. The Kier molecular flexibility index (Phi) is 24.3. The third kappa shape index (κ3) is 20.6. The minimum atomic E-state index is -5.93. The number of ether oxygens (including phenoxy) is 3. The van der Waals surface area contributed by atoms with E-state index in [4.69, 9.17) is 19.9 Å². The molecule has 2 aromatic rings. The Morgan fingerprint density at radius 2 is 1.55 bits per heavy atom. The van der Waals surface area contributed by atoms with Crippen molar-refractivity contribution in [3.63, 3.8) is 0 Å². The van der Waals surface area contributed by atoms with Crippen molar-refractivity contribution in [2.75, 3.05) is 44.4 Å². The van der Waals surface area contributed by atoms with Crippen molar-refractivity contribution >= 4 is 69.1 Å². The number of hydrogen-bond donors (Lipinski definition) is 7. The van der Waals surface area contributed by atoms with Crippen LogP contribution in [0.1, 0.15) is 104 Å². The lowest BCUT2D eigenvalue weighted by molar-refractivity contribution is -0.347. The highest BCUT2D eigenvalue weighted by molar-refractivity contribution is 8.13. The van der Waals surface area contributed by atoms with Crippen LogP contribution in [0.25, 0.3) is 11.2 Å². The van der Waals surface area contributed by atoms with Gasteiger partial charge in [0.15, 0.2) is 29.1 Å². The van der Waals surface area contributed by atoms with Gasteiger partial charge in [-0.2, -0.15) is 0 Å². The van der Waals surface area contributed by atoms with Gasteiger partial charge in [0.2, 0.25) is 11.8 Å². The fourth-order valence-corrected chi connectivity index (χ4v) is 10.7. The van der Waals surface area contributed by atoms with Gasteiger partial charge in [0.05, 0.1) is 39.6 Å². The summed E-state index contributed by atoms with van der Waals surface area (Å²) in [4.78, 5) is 96.9. The molecule has 2 amide bonds. The summed E-state index contributed by atoms with van der Waals surface area (Å²) in [5.74, 6) is -1.22. The van der Waals surface area contributed by atoms with E-state index in [1.807, 2.05) is 0 Å². The summed E-state index contributed by atoms with van der Waals surface area (Å²) in [5, 5.41) is 46.1. The Balaban J connectivity index is 1.04. The van der Waals surface area contributed by atoms with E-state index < -0.39 is 103 Å². The first kappa shape index (κ1) is 61.0. The largest absolute Gasteiger partial charge is 0.790 e. The number of hydrogen-bond acceptors (Lipinski definition) is 26. The van der Waals surface area contributed by atoms with Gasteiger partial charge in [-0.05, 0) is 19.8 Å². The summed E-state index contributed by atoms with van der Waals surface area (Å²) in [6.07, 6.45) is -0.643. The van der Waals surface area contributed by atoms with Gasteiger partial charge in [0, 0.05) is 50.1 Å². The van der Waals surface area contributed by atoms with Crippen LogP contribution < -0.4 is 35.9 Å². The number of carbonyl (C=O) groups is 3. The van der Waals surface area contributed by atoms with Crippen LogP contribution in [0.15, 0.2) is 12.7 Å². The molecule has 0 bridgehead atoms. The molecule has 11 atom stereocenters. The zero-order valence-electron chi connectivity index (χ0n) is 39.4. The fourth-order valence-electron chi connectivity index (χ4n) is 7.25. The number of thioether (sulfide) groups is 1. The molecule has 0 saturated carbocycles. The molecule has 0 aliphatic carbocycles. The minimum absolute atomic E-state index is 0.0129. The first-order valence-electron chi connectivity index (χ1n) is 22.9. The molecule has 4 rings (SSSR count). The summed E-state index contributed by atoms with van der Waals surface area (Å²) < 4.78 is 72.0. The van der Waals surface area contributed by atoms with Crippen molar-refractivity contribution in [1.82, 2.24) is 30.2 Å². The van der Waals surface area contributed by atoms with Gasteiger partial charge in [-0.15, -0.1) is 0 Å². The van der Waals surface area contributed by atoms with E-state index in [2.05, 4.69) is 43.5 Å². The molecule has 0 radical (unpaired) electrons. The second kappa shape index (κ2) is 28.3. The van der Waals surface area contributed by atoms with Crippen LogP contribution in [0.2, 0.25) is 0 Å². The Morgan fingerprint density at radius 1 is 0.901 bits per heavy atom. The molecule has 2 aliphatic rings. The van der Waals surface area contributed by atoms with E-state index in [-0.39, 0.29) is 54.1 Å². The number of nitrogen functional groups attached to an aromatic ring is 1. The number of nitrogens with zero attached hydrogens (tertiary/aromatic N) is 4. The second-order valence-electron chi connectivity index (χ2n) is 17.6. The van der Waals surface area contributed by atoms with E-state index >= 15 is 0 Å². The van der Waals surface area contributed by atoms with Crippen molar-refractivity contribution < 1.29 is 100 Å². The number of fused-ring (bicyclic) bond motifs is 1. The van der Waals surface area contributed by atoms with Crippen molar-refractivity contribution in [2.45, 2.75) is 153 Å². The van der Waals surface area contributed by atoms with Crippen molar-refractivity contribution in [1.29, 1.82) is 0 Å². The molecule has 28 nitrogen and oxygen atoms in total. The number of nitrogens with two attached hydrogens (primary N) is 1. The number of aromatic nitrogens is 4. The van der Waals surface area contributed by atoms with E-state index in [9.17, 15) is 68.1 Å². The first-order valence-corrected chi connectivity index (χ1v) is 28.3. The molecule has 0 aromatic carbocycles. The Bertz CT molecular complexity index is 2180. The third-order valence-corrected chi connectivity index (χ3v) is 15.2. The van der Waals surface area contributed by atoms with E-state index in [0.717, 1.165) is 86.8 Å². The van der Waals surface area contributed by atoms with E-state index in [1.54, 1.807) is 6.92 Å². The number of amides is 2. The number of imidazole rings is 1. The standard InChI is InChI=1S/C39H68N7O21P3S/c1-24-25(47)19-26(48)38(64-24)61-17-12-10-8-6-4-5-7-9-11-13-29(50)71-18-16-41-28(49)14-15-42-36(53)33(52)39(2,3)21-63-70(59,60)67-69(57,58)62-20-27-32(66-68(54,55)56)31(51)37(65-27)46-23-45-30-34(40)43-22-44-35(30)46/h22-27,31-33,37-38,47-48,51-52H,4-21H2,1-3H3,(H,41,49)(H,42,53)(H,57,58)(H,59,60)(H2,40,43,44)(H2,54,55,56)/p-4/t24-,25+,26+,27+,31+,32+,33-,37+,38+/m0/s1. The smallest absolute Gasteiger partial charge is 0.274 e. The summed E-state index contributed by atoms with van der Waals surface area (Å²) in [7, 11) is -17.6. The first-order chi connectivity index (χ1) is 33.3. The number of rotatable bonds is 32. The average molecular weight is 1090 g/mol. The Hall–Kier alpha value is -2.60. The van der Waals surface area contributed by atoms with Gasteiger partial charge in [-0.3, -0.25) is 28.1 Å². The van der Waals surface area contributed by atoms with Gasteiger partial charge < -0.3 is 88.7 Å². The van der Waals surface area contributed by atoms with Crippen LogP contribution in [0, 0.1) is 5.41 Å². The molecule has 2 saturated heterocycles. The number of phosphoric acid groups is 3. The van der Waals surface area contributed by atoms with Gasteiger partial charge in [0.1, 0.15) is 42.4 Å². The topological polar surface area (TPSA) is 434 Å². The van der Waals surface area contributed by atoms with Crippen molar-refractivity contribution in [3.8, 4) is 0 Å². The lowest BCUT2D eigenvalue weighted by Crippen LogP contribution is -2.47. The van der Waals surface area contributed by atoms with Crippen LogP contribution in [0.4, 0.5) is 5.82 Å². The van der Waals surface area contributed by atoms with Crippen molar-refractivity contribution in [3.05, 3.63) is 12.7 Å². The SMILES string of the molecule is C[C@@H]1O[C@@H](OCCCCCCCCCCCC(=O)SCCNC(=O)CCNC(=O)[C@H](O)C(C)(C)COP(=O)([O-])OP(=O)([O-])OC[C@H]2O[C@@H](n3cnc4c(N)ncnc43)[C@H](O)[C@@H]2OP(=O)([O-])[O-])[C@H](O)C[C@H]1O. The molecule has 0 spiro atoms. The normalized spacial score (nSPS) is 25.1. The molecule has 406 valence electrons. The molecule has 8 N–H and O–H groups in total. The van der Waals surface area contributed by atoms with Gasteiger partial charge in [0.25, 0.3) is 15.6 Å². The van der Waals surface area contributed by atoms with Crippen LogP contribution in [-0.2, 0) is 60.2 Å². The van der Waals surface area contributed by atoms with Crippen LogP contribution in [-0.4, -0.2) is 145 Å². The Morgan fingerprint density at radius 3 is 2.23 bits per heavy atom.